The summed E-state index contributed by atoms with van der Waals surface area (Å²) in [5.41, 5.74) is 0. The lowest BCUT2D eigenvalue weighted by molar-refractivity contribution is -0.138. The molecule has 3 aliphatic heterocycles. The topological polar surface area (TPSA) is 98.8 Å². The third-order valence-corrected chi connectivity index (χ3v) is 7.79. The van der Waals surface area contributed by atoms with Gasteiger partial charge in [-0.3, -0.25) is 19.2 Å². The first-order chi connectivity index (χ1) is 14.5. The number of nitrogens with one attached hydrogen (secondary N) is 2. The Labute approximate surface area is 179 Å². The zero-order chi connectivity index (χ0) is 20.8. The molecule has 0 aromatic carbocycles. The molecule has 4 fully saturated rings. The second kappa shape index (κ2) is 7.68. The molecule has 2 N–H and O–H groups in total. The molecule has 3 saturated heterocycles. The van der Waals surface area contributed by atoms with Crippen LogP contribution in [0.2, 0.25) is 0 Å². The van der Waals surface area contributed by atoms with Crippen molar-refractivity contribution in [3.8, 4) is 0 Å². The fourth-order valence-electron chi connectivity index (χ4n) is 5.41. The predicted octanol–water partition coefficient (Wildman–Crippen LogP) is 0.737. The largest absolute Gasteiger partial charge is 0.351 e. The van der Waals surface area contributed by atoms with E-state index in [0.29, 0.717) is 30.8 Å². The monoisotopic (exact) mass is 430 g/mol. The highest BCUT2D eigenvalue weighted by atomic mass is 32.1. The average Bonchev–Trinajstić information content (AvgIpc) is 3.53. The molecule has 0 unspecified atom stereocenters. The molecule has 0 spiro atoms. The quantitative estimate of drug-likeness (QED) is 0.739. The number of amides is 4. The van der Waals surface area contributed by atoms with E-state index in [4.69, 9.17) is 0 Å². The molecule has 5 rings (SSSR count). The van der Waals surface area contributed by atoms with Crippen LogP contribution in [0.5, 0.6) is 0 Å². The molecule has 0 bridgehead atoms. The maximum absolute atomic E-state index is 13.5. The Morgan fingerprint density at radius 1 is 1.17 bits per heavy atom. The third-order valence-electron chi connectivity index (χ3n) is 6.93. The molecular weight excluding hydrogens is 404 g/mol. The van der Waals surface area contributed by atoms with Crippen LogP contribution >= 0.6 is 11.3 Å². The number of carbonyl (C=O) groups excluding carboxylic acids is 4. The molecule has 1 aliphatic carbocycles. The van der Waals surface area contributed by atoms with E-state index in [1.807, 2.05) is 11.4 Å². The van der Waals surface area contributed by atoms with Crippen LogP contribution in [0.1, 0.15) is 48.2 Å². The van der Waals surface area contributed by atoms with Gasteiger partial charge in [-0.2, -0.15) is 0 Å². The van der Waals surface area contributed by atoms with Gasteiger partial charge in [-0.1, -0.05) is 18.9 Å². The summed E-state index contributed by atoms with van der Waals surface area (Å²) in [6.07, 6.45) is 4.98. The van der Waals surface area contributed by atoms with Crippen LogP contribution < -0.4 is 10.6 Å². The fourth-order valence-corrected chi connectivity index (χ4v) is 6.09. The number of hydrogen-bond acceptors (Lipinski definition) is 5. The Bertz CT molecular complexity index is 866. The summed E-state index contributed by atoms with van der Waals surface area (Å²) >= 11 is 1.35. The van der Waals surface area contributed by atoms with Crippen LogP contribution in [-0.2, 0) is 14.4 Å². The van der Waals surface area contributed by atoms with Crippen LogP contribution in [-0.4, -0.2) is 70.7 Å². The molecule has 0 radical (unpaired) electrons. The van der Waals surface area contributed by atoms with Crippen molar-refractivity contribution in [1.82, 2.24) is 20.4 Å². The molecule has 4 heterocycles. The number of fused-ring (bicyclic) bond motifs is 2. The molecule has 9 heteroatoms. The lowest BCUT2D eigenvalue weighted by Gasteiger charge is -2.29. The lowest BCUT2D eigenvalue weighted by Crippen LogP contribution is -2.52. The van der Waals surface area contributed by atoms with Gasteiger partial charge in [0.1, 0.15) is 12.1 Å². The van der Waals surface area contributed by atoms with Gasteiger partial charge < -0.3 is 20.4 Å². The zero-order valence-corrected chi connectivity index (χ0v) is 17.5. The van der Waals surface area contributed by atoms with E-state index in [1.54, 1.807) is 15.9 Å². The van der Waals surface area contributed by atoms with Gasteiger partial charge in [0.25, 0.3) is 5.91 Å². The van der Waals surface area contributed by atoms with Gasteiger partial charge >= 0.3 is 0 Å². The van der Waals surface area contributed by atoms with Crippen LogP contribution in [0.15, 0.2) is 17.5 Å². The Hall–Kier alpha value is -2.42. The summed E-state index contributed by atoms with van der Waals surface area (Å²) in [5, 5.41) is 7.90. The summed E-state index contributed by atoms with van der Waals surface area (Å²) < 4.78 is 0. The minimum atomic E-state index is -0.683. The summed E-state index contributed by atoms with van der Waals surface area (Å²) in [5.74, 6) is -0.449. The van der Waals surface area contributed by atoms with Crippen molar-refractivity contribution in [2.75, 3.05) is 13.1 Å². The van der Waals surface area contributed by atoms with E-state index in [1.165, 1.54) is 11.3 Å². The van der Waals surface area contributed by atoms with Crippen molar-refractivity contribution in [3.05, 3.63) is 22.4 Å². The van der Waals surface area contributed by atoms with E-state index in [-0.39, 0.29) is 41.6 Å². The molecule has 4 atom stereocenters. The fraction of sp³-hybridized carbons (Fsp3) is 0.619. The molecule has 4 amide bonds. The van der Waals surface area contributed by atoms with E-state index in [0.717, 1.165) is 25.7 Å². The van der Waals surface area contributed by atoms with Crippen LogP contribution in [0, 0.1) is 5.92 Å². The van der Waals surface area contributed by atoms with Crippen molar-refractivity contribution in [3.63, 3.8) is 0 Å². The SMILES string of the molecule is O=C(N[C@H]1C[C@@H]2C(=O)N[C@H]3CCN(C(=O)c4cccs4)[C@@H]3C(=O)N2C1)C1CCCC1. The molecule has 1 aromatic rings. The first-order valence-electron chi connectivity index (χ1n) is 10.8. The van der Waals surface area contributed by atoms with Gasteiger partial charge in [-0.05, 0) is 37.1 Å². The first-order valence-corrected chi connectivity index (χ1v) is 11.7. The van der Waals surface area contributed by atoms with E-state index < -0.39 is 12.1 Å². The van der Waals surface area contributed by atoms with Crippen molar-refractivity contribution >= 4 is 35.0 Å². The second-order valence-electron chi connectivity index (χ2n) is 8.75. The van der Waals surface area contributed by atoms with Crippen LogP contribution in [0.4, 0.5) is 0 Å². The Balaban J connectivity index is 1.33. The van der Waals surface area contributed by atoms with Crippen LogP contribution in [0.3, 0.4) is 0 Å². The van der Waals surface area contributed by atoms with Gasteiger partial charge in [0, 0.05) is 25.0 Å². The molecule has 160 valence electrons. The molecule has 1 saturated carbocycles. The van der Waals surface area contributed by atoms with Crippen LogP contribution in [0.25, 0.3) is 0 Å². The normalized spacial score (nSPS) is 31.3. The van der Waals surface area contributed by atoms with Crippen molar-refractivity contribution < 1.29 is 19.2 Å². The highest BCUT2D eigenvalue weighted by Crippen LogP contribution is 2.31. The zero-order valence-electron chi connectivity index (χ0n) is 16.7. The van der Waals surface area contributed by atoms with E-state index in [9.17, 15) is 19.2 Å². The third kappa shape index (κ3) is 3.29. The number of nitrogens with zero attached hydrogens (tertiary/aromatic N) is 2. The minimum absolute atomic E-state index is 0.0382. The number of carbonyl (C=O) groups is 4. The number of rotatable bonds is 3. The summed E-state index contributed by atoms with van der Waals surface area (Å²) in [6.45, 7) is 0.762. The van der Waals surface area contributed by atoms with Crippen molar-refractivity contribution in [1.29, 1.82) is 0 Å². The Morgan fingerprint density at radius 2 is 1.97 bits per heavy atom. The average molecular weight is 431 g/mol. The van der Waals surface area contributed by atoms with Gasteiger partial charge in [0.05, 0.1) is 10.9 Å². The standard InChI is InChI=1S/C21H26N4O4S/c26-18(12-4-1-2-5-12)22-13-10-15-19(27)23-14-7-8-24(17(14)21(29)25(15)11-13)20(28)16-6-3-9-30-16/h3,6,9,12-15,17H,1-2,4-5,7-8,10-11H2,(H,22,26)(H,23,27)/t13-,14-,15+,17-/m0/s1. The predicted molar refractivity (Wildman–Crippen MR) is 110 cm³/mol. The highest BCUT2D eigenvalue weighted by Gasteiger charge is 2.52. The summed E-state index contributed by atoms with van der Waals surface area (Å²) in [6, 6.07) is 1.72. The lowest BCUT2D eigenvalue weighted by atomic mass is 10.1. The maximum Gasteiger partial charge on any atom is 0.264 e. The number of hydrogen-bond donors (Lipinski definition) is 2. The van der Waals surface area contributed by atoms with Gasteiger partial charge in [0.15, 0.2) is 0 Å². The van der Waals surface area contributed by atoms with E-state index in [2.05, 4.69) is 10.6 Å². The second-order valence-corrected chi connectivity index (χ2v) is 9.70. The van der Waals surface area contributed by atoms with E-state index >= 15 is 0 Å². The highest BCUT2D eigenvalue weighted by molar-refractivity contribution is 7.12. The van der Waals surface area contributed by atoms with Crippen molar-refractivity contribution in [2.24, 2.45) is 5.92 Å². The summed E-state index contributed by atoms with van der Waals surface area (Å²) in [7, 11) is 0. The van der Waals surface area contributed by atoms with Gasteiger partial charge in [-0.25, -0.2) is 0 Å². The molecular formula is C21H26N4O4S. The van der Waals surface area contributed by atoms with Gasteiger partial charge in [-0.15, -0.1) is 11.3 Å². The van der Waals surface area contributed by atoms with Gasteiger partial charge in [0.2, 0.25) is 17.7 Å². The number of likely N-dealkylation sites (tertiary alicyclic amines) is 1. The Morgan fingerprint density at radius 3 is 2.70 bits per heavy atom. The molecule has 4 aliphatic rings. The first kappa shape index (κ1) is 19.5. The molecule has 30 heavy (non-hydrogen) atoms. The summed E-state index contributed by atoms with van der Waals surface area (Å²) in [4.78, 5) is 55.6. The Kier molecular flexibility index (Phi) is 5.00. The smallest absolute Gasteiger partial charge is 0.264 e. The molecule has 1 aromatic heterocycles. The maximum atomic E-state index is 13.5. The minimum Gasteiger partial charge on any atom is -0.351 e. The number of thiophene rings is 1. The molecule has 8 nitrogen and oxygen atoms in total. The van der Waals surface area contributed by atoms with Crippen molar-refractivity contribution in [2.45, 2.75) is 62.7 Å².